The second-order valence-corrected chi connectivity index (χ2v) is 4.60. The van der Waals surface area contributed by atoms with Crippen molar-refractivity contribution in [3.05, 3.63) is 0 Å². The minimum atomic E-state index is -4.04. The van der Waals surface area contributed by atoms with Crippen LogP contribution in [0.4, 0.5) is 0 Å². The van der Waals surface area contributed by atoms with Gasteiger partial charge in [-0.1, -0.05) is 0 Å². The van der Waals surface area contributed by atoms with Crippen molar-refractivity contribution >= 4 is 16.1 Å². The van der Waals surface area contributed by atoms with Gasteiger partial charge in [0.1, 0.15) is 5.75 Å². The highest BCUT2D eigenvalue weighted by molar-refractivity contribution is 7.87. The fraction of sp³-hybridized carbons (Fsp3) is 0.667. The molecule has 7 heteroatoms. The van der Waals surface area contributed by atoms with Crippen molar-refractivity contribution in [2.45, 2.75) is 25.9 Å². The minimum Gasteiger partial charge on any atom is -0.395 e. The molecule has 1 atom stereocenters. The molecule has 0 saturated carbocycles. The number of hydrogen-bond donors (Lipinski definition) is 2. The number of hydrogen-bond acceptors (Lipinski definition) is 6. The molecule has 0 bridgehead atoms. The smallest absolute Gasteiger partial charge is 0.319 e. The summed E-state index contributed by atoms with van der Waals surface area (Å²) in [6.45, 7) is 0.875. The highest BCUT2D eigenvalue weighted by Crippen LogP contribution is 2.00. The van der Waals surface area contributed by atoms with Gasteiger partial charge in [0.05, 0.1) is 12.7 Å². The van der Waals surface area contributed by atoms with Crippen LogP contribution in [0.3, 0.4) is 0 Å². The average Bonchev–Trinajstić information content (AvgIpc) is 2.09. The van der Waals surface area contributed by atoms with Crippen molar-refractivity contribution in [1.82, 2.24) is 0 Å². The Balaban J connectivity index is 4.10. The van der Waals surface area contributed by atoms with Gasteiger partial charge in [0.15, 0.2) is 0 Å². The maximum atomic E-state index is 11.0. The largest absolute Gasteiger partial charge is 0.395 e. The van der Waals surface area contributed by atoms with E-state index in [0.29, 0.717) is 0 Å². The Morgan fingerprint density at radius 3 is 2.56 bits per heavy atom. The van der Waals surface area contributed by atoms with Gasteiger partial charge >= 0.3 is 16.1 Å². The van der Waals surface area contributed by atoms with E-state index < -0.39 is 27.9 Å². The SMILES string of the molecule is CC(=O)OS(=O)(=O)CC(O)CC#CCCO. The second-order valence-electron chi connectivity index (χ2n) is 2.98. The van der Waals surface area contributed by atoms with Crippen molar-refractivity contribution in [2.24, 2.45) is 0 Å². The Morgan fingerprint density at radius 1 is 1.44 bits per heavy atom. The van der Waals surface area contributed by atoms with Crippen LogP contribution in [0, 0.1) is 11.8 Å². The van der Waals surface area contributed by atoms with Gasteiger partial charge in [-0.3, -0.25) is 4.79 Å². The lowest BCUT2D eigenvalue weighted by atomic mass is 10.3. The molecule has 0 saturated heterocycles. The summed E-state index contributed by atoms with van der Waals surface area (Å²) in [4.78, 5) is 10.4. The summed E-state index contributed by atoms with van der Waals surface area (Å²) >= 11 is 0. The monoisotopic (exact) mass is 250 g/mol. The fourth-order valence-corrected chi connectivity index (χ4v) is 1.86. The lowest BCUT2D eigenvalue weighted by molar-refractivity contribution is -0.131. The normalized spacial score (nSPS) is 12.4. The topological polar surface area (TPSA) is 101 Å². The highest BCUT2D eigenvalue weighted by atomic mass is 32.2. The van der Waals surface area contributed by atoms with Gasteiger partial charge in [0, 0.05) is 19.8 Å². The molecule has 0 amide bonds. The van der Waals surface area contributed by atoms with Crippen LogP contribution < -0.4 is 0 Å². The summed E-state index contributed by atoms with van der Waals surface area (Å²) in [6, 6.07) is 0. The van der Waals surface area contributed by atoms with Crippen LogP contribution >= 0.6 is 0 Å². The third-order valence-corrected chi connectivity index (χ3v) is 2.62. The van der Waals surface area contributed by atoms with Gasteiger partial charge in [-0.05, 0) is 0 Å². The molecule has 0 aromatic carbocycles. The van der Waals surface area contributed by atoms with Crippen LogP contribution in [0.15, 0.2) is 0 Å². The van der Waals surface area contributed by atoms with E-state index >= 15 is 0 Å². The zero-order valence-electron chi connectivity index (χ0n) is 8.84. The third kappa shape index (κ3) is 8.23. The Labute approximate surface area is 94.4 Å². The zero-order valence-corrected chi connectivity index (χ0v) is 9.66. The minimum absolute atomic E-state index is 0.0551. The molecule has 1 unspecified atom stereocenters. The van der Waals surface area contributed by atoms with Gasteiger partial charge in [0.25, 0.3) is 0 Å². The van der Waals surface area contributed by atoms with Gasteiger partial charge in [-0.25, -0.2) is 0 Å². The molecule has 0 aliphatic rings. The van der Waals surface area contributed by atoms with Crippen LogP contribution in [-0.2, 0) is 19.1 Å². The summed E-state index contributed by atoms with van der Waals surface area (Å²) in [7, 11) is -4.04. The molecule has 0 fully saturated rings. The van der Waals surface area contributed by atoms with Gasteiger partial charge in [-0.15, -0.1) is 11.8 Å². The van der Waals surface area contributed by atoms with Crippen molar-refractivity contribution in [3.8, 4) is 11.8 Å². The number of aliphatic hydroxyl groups is 2. The van der Waals surface area contributed by atoms with Crippen molar-refractivity contribution in [1.29, 1.82) is 0 Å². The van der Waals surface area contributed by atoms with E-state index in [1.165, 1.54) is 0 Å². The van der Waals surface area contributed by atoms with Crippen LogP contribution in [0.25, 0.3) is 0 Å². The molecule has 6 nitrogen and oxygen atoms in total. The maximum absolute atomic E-state index is 11.0. The summed E-state index contributed by atoms with van der Waals surface area (Å²) in [5, 5.41) is 17.7. The Bertz CT molecular complexity index is 375. The lowest BCUT2D eigenvalue weighted by Gasteiger charge is -2.06. The van der Waals surface area contributed by atoms with Crippen molar-refractivity contribution in [2.75, 3.05) is 12.4 Å². The molecule has 0 aliphatic carbocycles. The van der Waals surface area contributed by atoms with Crippen LogP contribution in [0.1, 0.15) is 19.8 Å². The van der Waals surface area contributed by atoms with E-state index in [2.05, 4.69) is 16.0 Å². The van der Waals surface area contributed by atoms with E-state index in [-0.39, 0.29) is 19.4 Å². The third-order valence-electron chi connectivity index (χ3n) is 1.34. The second kappa shape index (κ2) is 7.22. The fourth-order valence-electron chi connectivity index (χ4n) is 0.842. The molecular weight excluding hydrogens is 236 g/mol. The number of carbonyl (C=O) groups is 1. The van der Waals surface area contributed by atoms with Gasteiger partial charge < -0.3 is 14.4 Å². The molecule has 16 heavy (non-hydrogen) atoms. The number of aliphatic hydroxyl groups excluding tert-OH is 2. The number of carbonyl (C=O) groups excluding carboxylic acids is 1. The van der Waals surface area contributed by atoms with E-state index in [9.17, 15) is 18.3 Å². The van der Waals surface area contributed by atoms with Gasteiger partial charge in [0.2, 0.25) is 0 Å². The Hall–Kier alpha value is -1.10. The molecule has 0 aliphatic heterocycles. The van der Waals surface area contributed by atoms with E-state index in [4.69, 9.17) is 5.11 Å². The molecule has 0 spiro atoms. The summed E-state index contributed by atoms with van der Waals surface area (Å²) in [6.07, 6.45) is -1.00. The maximum Gasteiger partial charge on any atom is 0.319 e. The molecule has 0 rings (SSSR count). The first-order chi connectivity index (χ1) is 7.37. The molecule has 0 aromatic heterocycles. The molecule has 2 N–H and O–H groups in total. The van der Waals surface area contributed by atoms with Crippen molar-refractivity contribution < 1.29 is 27.6 Å². The molecule has 0 aromatic rings. The first-order valence-electron chi connectivity index (χ1n) is 4.54. The summed E-state index contributed by atoms with van der Waals surface area (Å²) in [5.41, 5.74) is 0. The molecule has 0 radical (unpaired) electrons. The van der Waals surface area contributed by atoms with Crippen molar-refractivity contribution in [3.63, 3.8) is 0 Å². The predicted molar refractivity (Wildman–Crippen MR) is 55.7 cm³/mol. The summed E-state index contributed by atoms with van der Waals surface area (Å²) in [5.74, 6) is 3.40. The van der Waals surface area contributed by atoms with Crippen LogP contribution in [0.2, 0.25) is 0 Å². The summed E-state index contributed by atoms with van der Waals surface area (Å²) < 4.78 is 26.1. The standard InChI is InChI=1S/C9H14O6S/c1-8(11)15-16(13,14)7-9(12)5-3-2-4-6-10/h9-10,12H,4-7H2,1H3. The average molecular weight is 250 g/mol. The molecule has 0 heterocycles. The Kier molecular flexibility index (Phi) is 6.72. The van der Waals surface area contributed by atoms with Gasteiger partial charge in [-0.2, -0.15) is 8.42 Å². The van der Waals surface area contributed by atoms with Crippen LogP contribution in [-0.4, -0.2) is 43.1 Å². The highest BCUT2D eigenvalue weighted by Gasteiger charge is 2.19. The molecular formula is C9H14O6S. The van der Waals surface area contributed by atoms with Crippen LogP contribution in [0.5, 0.6) is 0 Å². The Morgan fingerprint density at radius 2 is 2.06 bits per heavy atom. The van der Waals surface area contributed by atoms with E-state index in [1.54, 1.807) is 0 Å². The molecule has 92 valence electrons. The first-order valence-corrected chi connectivity index (χ1v) is 6.12. The quantitative estimate of drug-likeness (QED) is 0.480. The first kappa shape index (κ1) is 14.9. The lowest BCUT2D eigenvalue weighted by Crippen LogP contribution is -2.23. The van der Waals surface area contributed by atoms with E-state index in [1.807, 2.05) is 0 Å². The van der Waals surface area contributed by atoms with E-state index in [0.717, 1.165) is 6.92 Å². The zero-order chi connectivity index (χ0) is 12.6. The number of rotatable bonds is 5. The predicted octanol–water partition coefficient (Wildman–Crippen LogP) is -0.984.